The van der Waals surface area contributed by atoms with Gasteiger partial charge in [-0.3, -0.25) is 4.79 Å². The Morgan fingerprint density at radius 2 is 1.71 bits per heavy atom. The highest BCUT2D eigenvalue weighted by Crippen LogP contribution is 2.22. The molecule has 0 radical (unpaired) electrons. The molecule has 110 valence electrons. The first-order chi connectivity index (χ1) is 9.81. The van der Waals surface area contributed by atoms with Gasteiger partial charge in [-0.25, -0.2) is 8.78 Å². The van der Waals surface area contributed by atoms with E-state index in [2.05, 4.69) is 5.32 Å². The Morgan fingerprint density at radius 3 is 2.33 bits per heavy atom. The van der Waals surface area contributed by atoms with Gasteiger partial charge in [-0.05, 0) is 43.7 Å². The van der Waals surface area contributed by atoms with Crippen molar-refractivity contribution < 1.29 is 13.6 Å². The fraction of sp³-hybridized carbons (Fsp3) is 0.188. The van der Waals surface area contributed by atoms with Crippen molar-refractivity contribution in [2.24, 2.45) is 0 Å². The van der Waals surface area contributed by atoms with Gasteiger partial charge in [-0.15, -0.1) is 0 Å². The lowest BCUT2D eigenvalue weighted by Crippen LogP contribution is -2.41. The van der Waals surface area contributed by atoms with Gasteiger partial charge in [0.05, 0.1) is 16.8 Å². The van der Waals surface area contributed by atoms with Crippen LogP contribution in [0.25, 0.3) is 0 Å². The van der Waals surface area contributed by atoms with Crippen LogP contribution in [-0.4, -0.2) is 5.91 Å². The van der Waals surface area contributed by atoms with E-state index in [-0.39, 0.29) is 17.1 Å². The fourth-order valence-electron chi connectivity index (χ4n) is 2.02. The van der Waals surface area contributed by atoms with E-state index in [0.717, 1.165) is 5.56 Å². The Morgan fingerprint density at radius 1 is 1.10 bits per heavy atom. The van der Waals surface area contributed by atoms with E-state index in [4.69, 9.17) is 5.73 Å². The molecule has 3 nitrogen and oxygen atoms in total. The molecule has 21 heavy (non-hydrogen) atoms. The van der Waals surface area contributed by atoms with Crippen LogP contribution in [0.2, 0.25) is 0 Å². The normalized spacial score (nSPS) is 11.2. The number of hydrogen-bond donors (Lipinski definition) is 2. The highest BCUT2D eigenvalue weighted by Gasteiger charge is 2.24. The molecule has 0 fully saturated rings. The Bertz CT molecular complexity index is 666. The van der Waals surface area contributed by atoms with Crippen LogP contribution < -0.4 is 11.1 Å². The topological polar surface area (TPSA) is 55.1 Å². The second kappa shape index (κ2) is 5.52. The SMILES string of the molecule is CC(C)(NC(=O)c1cccc(F)c1N)c1ccc(F)cc1. The molecule has 2 aromatic carbocycles. The fourth-order valence-corrected chi connectivity index (χ4v) is 2.02. The Hall–Kier alpha value is -2.43. The smallest absolute Gasteiger partial charge is 0.254 e. The van der Waals surface area contributed by atoms with Crippen molar-refractivity contribution >= 4 is 11.6 Å². The first kappa shape index (κ1) is 15.0. The molecular weight excluding hydrogens is 274 g/mol. The largest absolute Gasteiger partial charge is 0.396 e. The molecule has 0 saturated heterocycles. The summed E-state index contributed by atoms with van der Waals surface area (Å²) in [7, 11) is 0. The zero-order valence-corrected chi connectivity index (χ0v) is 11.8. The van der Waals surface area contributed by atoms with Gasteiger partial charge in [0.2, 0.25) is 0 Å². The van der Waals surface area contributed by atoms with Crippen molar-refractivity contribution in [3.05, 3.63) is 65.2 Å². The van der Waals surface area contributed by atoms with Crippen molar-refractivity contribution in [1.29, 1.82) is 0 Å². The molecule has 1 amide bonds. The summed E-state index contributed by atoms with van der Waals surface area (Å²) in [5, 5.41) is 2.77. The summed E-state index contributed by atoms with van der Waals surface area (Å²) in [5.41, 5.74) is 5.44. The summed E-state index contributed by atoms with van der Waals surface area (Å²) in [6, 6.07) is 9.88. The standard InChI is InChI=1S/C16H16F2N2O/c1-16(2,10-6-8-11(17)9-7-10)20-15(21)12-4-3-5-13(18)14(12)19/h3-9H,19H2,1-2H3,(H,20,21). The van der Waals surface area contributed by atoms with Crippen LogP contribution in [0.1, 0.15) is 29.8 Å². The maximum absolute atomic E-state index is 13.4. The number of amides is 1. The van der Waals surface area contributed by atoms with Gasteiger partial charge < -0.3 is 11.1 Å². The number of benzene rings is 2. The molecule has 3 N–H and O–H groups in total. The number of nitrogen functional groups attached to an aromatic ring is 1. The third-order valence-electron chi connectivity index (χ3n) is 3.29. The van der Waals surface area contributed by atoms with Crippen LogP contribution in [-0.2, 0) is 5.54 Å². The quantitative estimate of drug-likeness (QED) is 0.853. The van der Waals surface area contributed by atoms with Crippen molar-refractivity contribution in [2.45, 2.75) is 19.4 Å². The van der Waals surface area contributed by atoms with Gasteiger partial charge in [0.1, 0.15) is 11.6 Å². The average Bonchev–Trinajstić information content (AvgIpc) is 2.41. The van der Waals surface area contributed by atoms with Crippen LogP contribution in [0, 0.1) is 11.6 Å². The lowest BCUT2D eigenvalue weighted by molar-refractivity contribution is 0.0912. The minimum absolute atomic E-state index is 0.0742. The van der Waals surface area contributed by atoms with E-state index >= 15 is 0 Å². The Kier molecular flexibility index (Phi) is 3.93. The third kappa shape index (κ3) is 3.18. The Balaban J connectivity index is 2.25. The summed E-state index contributed by atoms with van der Waals surface area (Å²) in [6.07, 6.45) is 0. The van der Waals surface area contributed by atoms with E-state index in [1.165, 1.54) is 30.3 Å². The number of hydrogen-bond acceptors (Lipinski definition) is 2. The van der Waals surface area contributed by atoms with E-state index in [1.807, 2.05) is 0 Å². The number of rotatable bonds is 3. The van der Waals surface area contributed by atoms with Gasteiger partial charge in [0.15, 0.2) is 0 Å². The van der Waals surface area contributed by atoms with Gasteiger partial charge in [0, 0.05) is 0 Å². The molecule has 0 heterocycles. The van der Waals surface area contributed by atoms with E-state index in [0.29, 0.717) is 0 Å². The number of halogens is 2. The van der Waals surface area contributed by atoms with Crippen LogP contribution in [0.5, 0.6) is 0 Å². The van der Waals surface area contributed by atoms with E-state index < -0.39 is 17.3 Å². The predicted molar refractivity (Wildman–Crippen MR) is 77.7 cm³/mol. The zero-order valence-electron chi connectivity index (χ0n) is 11.8. The number of para-hydroxylation sites is 1. The maximum atomic E-state index is 13.4. The van der Waals surface area contributed by atoms with Crippen molar-refractivity contribution in [3.63, 3.8) is 0 Å². The molecule has 0 aliphatic heterocycles. The summed E-state index contributed by atoms with van der Waals surface area (Å²) in [6.45, 7) is 3.54. The first-order valence-corrected chi connectivity index (χ1v) is 6.44. The maximum Gasteiger partial charge on any atom is 0.254 e. The number of nitrogens with two attached hydrogens (primary N) is 1. The van der Waals surface area contributed by atoms with Gasteiger partial charge in [0.25, 0.3) is 5.91 Å². The first-order valence-electron chi connectivity index (χ1n) is 6.44. The monoisotopic (exact) mass is 290 g/mol. The Labute approximate surface area is 121 Å². The minimum Gasteiger partial charge on any atom is -0.396 e. The molecular formula is C16H16F2N2O. The zero-order chi connectivity index (χ0) is 15.6. The van der Waals surface area contributed by atoms with Crippen LogP contribution in [0.15, 0.2) is 42.5 Å². The molecule has 0 spiro atoms. The van der Waals surface area contributed by atoms with E-state index in [9.17, 15) is 13.6 Å². The lowest BCUT2D eigenvalue weighted by atomic mass is 9.93. The molecule has 0 aliphatic rings. The summed E-state index contributed by atoms with van der Waals surface area (Å²) >= 11 is 0. The minimum atomic E-state index is -0.746. The molecule has 0 atom stereocenters. The van der Waals surface area contributed by atoms with Gasteiger partial charge in [-0.1, -0.05) is 18.2 Å². The number of carbonyl (C=O) groups excluding carboxylic acids is 1. The van der Waals surface area contributed by atoms with Gasteiger partial charge >= 0.3 is 0 Å². The molecule has 2 aromatic rings. The van der Waals surface area contributed by atoms with Gasteiger partial charge in [-0.2, -0.15) is 0 Å². The highest BCUT2D eigenvalue weighted by molar-refractivity contribution is 5.99. The molecule has 0 unspecified atom stereocenters. The lowest BCUT2D eigenvalue weighted by Gasteiger charge is -2.27. The second-order valence-corrected chi connectivity index (χ2v) is 5.29. The molecule has 0 aliphatic carbocycles. The van der Waals surface area contributed by atoms with Crippen LogP contribution >= 0.6 is 0 Å². The molecule has 0 aromatic heterocycles. The highest BCUT2D eigenvalue weighted by atomic mass is 19.1. The summed E-state index contributed by atoms with van der Waals surface area (Å²) < 4.78 is 26.3. The molecule has 5 heteroatoms. The van der Waals surface area contributed by atoms with E-state index in [1.54, 1.807) is 26.0 Å². The number of nitrogens with one attached hydrogen (secondary N) is 1. The number of anilines is 1. The third-order valence-corrected chi connectivity index (χ3v) is 3.29. The molecule has 0 bridgehead atoms. The summed E-state index contributed by atoms with van der Waals surface area (Å²) in [4.78, 5) is 12.2. The van der Waals surface area contributed by atoms with Crippen molar-refractivity contribution in [3.8, 4) is 0 Å². The van der Waals surface area contributed by atoms with Crippen LogP contribution in [0.3, 0.4) is 0 Å². The van der Waals surface area contributed by atoms with Crippen LogP contribution in [0.4, 0.5) is 14.5 Å². The molecule has 2 rings (SSSR count). The van der Waals surface area contributed by atoms with Crippen molar-refractivity contribution in [1.82, 2.24) is 5.32 Å². The average molecular weight is 290 g/mol. The molecule has 0 saturated carbocycles. The number of carbonyl (C=O) groups is 1. The van der Waals surface area contributed by atoms with Crippen molar-refractivity contribution in [2.75, 3.05) is 5.73 Å². The second-order valence-electron chi connectivity index (χ2n) is 5.29. The predicted octanol–water partition coefficient (Wildman–Crippen LogP) is 3.21. The summed E-state index contributed by atoms with van der Waals surface area (Å²) in [5.74, 6) is -1.47.